The molecule has 19 heavy (non-hydrogen) atoms. The Balaban J connectivity index is 1.80. The number of amides is 1. The van der Waals surface area contributed by atoms with E-state index in [0.29, 0.717) is 24.2 Å². The fourth-order valence-corrected chi connectivity index (χ4v) is 2.52. The average Bonchev–Trinajstić information content (AvgIpc) is 3.06. The third-order valence-electron chi connectivity index (χ3n) is 3.76. The number of carbonyl (C=O) groups excluding carboxylic acids is 1. The molecule has 1 aromatic heterocycles. The third-order valence-corrected chi connectivity index (χ3v) is 3.76. The van der Waals surface area contributed by atoms with Crippen LogP contribution in [0.1, 0.15) is 23.7 Å². The first-order valence-electron chi connectivity index (χ1n) is 6.43. The van der Waals surface area contributed by atoms with E-state index in [0.717, 1.165) is 11.9 Å². The maximum absolute atomic E-state index is 12.4. The van der Waals surface area contributed by atoms with Gasteiger partial charge in [0.05, 0.1) is 6.10 Å². The zero-order valence-electron chi connectivity index (χ0n) is 10.7. The standard InChI is InChI=1S/C13H16N4O2/c1-8(18)10-4-5-17(7-10)13(19)9-2-3-11-12(6-9)15-16-14-11/h2-3,6,8,10,18H,4-5,7H2,1H3,(H,14,15,16). The summed E-state index contributed by atoms with van der Waals surface area (Å²) >= 11 is 0. The van der Waals surface area contributed by atoms with Gasteiger partial charge in [-0.3, -0.25) is 4.79 Å². The number of aliphatic hydroxyl groups is 1. The topological polar surface area (TPSA) is 82.1 Å². The number of aliphatic hydroxyl groups excluding tert-OH is 1. The van der Waals surface area contributed by atoms with E-state index in [1.54, 1.807) is 30.0 Å². The number of benzene rings is 1. The minimum Gasteiger partial charge on any atom is -0.393 e. The molecule has 3 rings (SSSR count). The molecule has 2 N–H and O–H groups in total. The molecule has 1 aromatic carbocycles. The highest BCUT2D eigenvalue weighted by atomic mass is 16.3. The van der Waals surface area contributed by atoms with Crippen LogP contribution in [0.4, 0.5) is 0 Å². The van der Waals surface area contributed by atoms with E-state index in [2.05, 4.69) is 15.4 Å². The lowest BCUT2D eigenvalue weighted by atomic mass is 10.0. The summed E-state index contributed by atoms with van der Waals surface area (Å²) in [4.78, 5) is 14.2. The Bertz CT molecular complexity index is 607. The largest absolute Gasteiger partial charge is 0.393 e. The molecule has 0 spiro atoms. The number of rotatable bonds is 2. The predicted molar refractivity (Wildman–Crippen MR) is 69.6 cm³/mol. The molecule has 0 bridgehead atoms. The van der Waals surface area contributed by atoms with E-state index in [4.69, 9.17) is 0 Å². The molecule has 6 heteroatoms. The Kier molecular flexibility index (Phi) is 2.94. The molecule has 0 saturated carbocycles. The van der Waals surface area contributed by atoms with Crippen LogP contribution >= 0.6 is 0 Å². The number of likely N-dealkylation sites (tertiary alicyclic amines) is 1. The average molecular weight is 260 g/mol. The molecule has 6 nitrogen and oxygen atoms in total. The van der Waals surface area contributed by atoms with Crippen molar-refractivity contribution in [1.29, 1.82) is 0 Å². The van der Waals surface area contributed by atoms with Gasteiger partial charge in [-0.05, 0) is 31.5 Å². The first kappa shape index (κ1) is 12.1. The SMILES string of the molecule is CC(O)C1CCN(C(=O)c2ccc3n[nH]nc3c2)C1. The molecule has 0 radical (unpaired) electrons. The summed E-state index contributed by atoms with van der Waals surface area (Å²) in [6, 6.07) is 5.30. The van der Waals surface area contributed by atoms with Crippen LogP contribution in [0.2, 0.25) is 0 Å². The molecule has 2 unspecified atom stereocenters. The van der Waals surface area contributed by atoms with E-state index >= 15 is 0 Å². The lowest BCUT2D eigenvalue weighted by Gasteiger charge is -2.17. The first-order valence-corrected chi connectivity index (χ1v) is 6.43. The number of carbonyl (C=O) groups is 1. The summed E-state index contributed by atoms with van der Waals surface area (Å²) in [6.45, 7) is 3.10. The van der Waals surface area contributed by atoms with E-state index in [9.17, 15) is 9.90 Å². The van der Waals surface area contributed by atoms with Gasteiger partial charge in [0, 0.05) is 24.6 Å². The van der Waals surface area contributed by atoms with Crippen LogP contribution in [0.5, 0.6) is 0 Å². The van der Waals surface area contributed by atoms with Gasteiger partial charge in [-0.1, -0.05) is 0 Å². The number of aromatic amines is 1. The van der Waals surface area contributed by atoms with Crippen molar-refractivity contribution in [3.63, 3.8) is 0 Å². The van der Waals surface area contributed by atoms with Gasteiger partial charge >= 0.3 is 0 Å². The number of hydrogen-bond donors (Lipinski definition) is 2. The molecule has 2 atom stereocenters. The smallest absolute Gasteiger partial charge is 0.253 e. The van der Waals surface area contributed by atoms with Crippen molar-refractivity contribution in [2.75, 3.05) is 13.1 Å². The highest BCUT2D eigenvalue weighted by molar-refractivity contribution is 5.97. The Morgan fingerprint density at radius 2 is 2.26 bits per heavy atom. The number of nitrogens with zero attached hydrogens (tertiary/aromatic N) is 3. The van der Waals surface area contributed by atoms with Crippen LogP contribution in [-0.4, -0.2) is 50.5 Å². The second kappa shape index (κ2) is 4.62. The second-order valence-electron chi connectivity index (χ2n) is 5.07. The fraction of sp³-hybridized carbons (Fsp3) is 0.462. The van der Waals surface area contributed by atoms with Crippen LogP contribution in [0.25, 0.3) is 11.0 Å². The van der Waals surface area contributed by atoms with Gasteiger partial charge in [-0.25, -0.2) is 0 Å². The van der Waals surface area contributed by atoms with Crippen molar-refractivity contribution in [3.8, 4) is 0 Å². The minimum atomic E-state index is -0.365. The van der Waals surface area contributed by atoms with Crippen molar-refractivity contribution >= 4 is 16.9 Å². The molecular weight excluding hydrogens is 244 g/mol. The maximum Gasteiger partial charge on any atom is 0.253 e. The molecule has 2 aromatic rings. The maximum atomic E-state index is 12.4. The van der Waals surface area contributed by atoms with Gasteiger partial charge in [0.1, 0.15) is 11.0 Å². The molecule has 1 aliphatic rings. The predicted octanol–water partition coefficient (Wildman–Crippen LogP) is 0.801. The fourth-order valence-electron chi connectivity index (χ4n) is 2.52. The summed E-state index contributed by atoms with van der Waals surface area (Å²) in [5, 5.41) is 20.1. The summed E-state index contributed by atoms with van der Waals surface area (Å²) in [5.41, 5.74) is 2.06. The lowest BCUT2D eigenvalue weighted by molar-refractivity contribution is 0.0762. The monoisotopic (exact) mass is 260 g/mol. The van der Waals surface area contributed by atoms with Crippen LogP contribution < -0.4 is 0 Å². The van der Waals surface area contributed by atoms with Crippen LogP contribution in [0.3, 0.4) is 0 Å². The zero-order chi connectivity index (χ0) is 13.4. The highest BCUT2D eigenvalue weighted by Gasteiger charge is 2.29. The van der Waals surface area contributed by atoms with E-state index in [1.807, 2.05) is 0 Å². The highest BCUT2D eigenvalue weighted by Crippen LogP contribution is 2.22. The summed E-state index contributed by atoms with van der Waals surface area (Å²) in [6.07, 6.45) is 0.492. The quantitative estimate of drug-likeness (QED) is 0.836. The molecule has 2 heterocycles. The molecule has 1 amide bonds. The molecular formula is C13H16N4O2. The van der Waals surface area contributed by atoms with Gasteiger partial charge < -0.3 is 10.0 Å². The minimum absolute atomic E-state index is 0.00644. The second-order valence-corrected chi connectivity index (χ2v) is 5.07. The van der Waals surface area contributed by atoms with E-state index < -0.39 is 0 Å². The van der Waals surface area contributed by atoms with Crippen LogP contribution in [-0.2, 0) is 0 Å². The Labute approximate surface area is 110 Å². The van der Waals surface area contributed by atoms with Gasteiger partial charge in [-0.2, -0.15) is 15.4 Å². The third kappa shape index (κ3) is 2.19. The number of fused-ring (bicyclic) bond motifs is 1. The number of aromatic nitrogens is 3. The van der Waals surface area contributed by atoms with E-state index in [1.165, 1.54) is 0 Å². The number of hydrogen-bond acceptors (Lipinski definition) is 4. The summed E-state index contributed by atoms with van der Waals surface area (Å²) in [5.74, 6) is 0.174. The normalized spacial score (nSPS) is 20.9. The lowest BCUT2D eigenvalue weighted by Crippen LogP contribution is -2.30. The number of H-pyrrole nitrogens is 1. The van der Waals surface area contributed by atoms with Crippen molar-refractivity contribution in [2.24, 2.45) is 5.92 Å². The Hall–Kier alpha value is -1.95. The molecule has 100 valence electrons. The van der Waals surface area contributed by atoms with Gasteiger partial charge in [0.2, 0.25) is 0 Å². The van der Waals surface area contributed by atoms with Gasteiger partial charge in [0.25, 0.3) is 5.91 Å². The Morgan fingerprint density at radius 3 is 3.00 bits per heavy atom. The van der Waals surface area contributed by atoms with Crippen molar-refractivity contribution in [2.45, 2.75) is 19.4 Å². The zero-order valence-corrected chi connectivity index (χ0v) is 10.7. The van der Waals surface area contributed by atoms with E-state index in [-0.39, 0.29) is 17.9 Å². The van der Waals surface area contributed by atoms with Crippen molar-refractivity contribution < 1.29 is 9.90 Å². The van der Waals surface area contributed by atoms with Crippen LogP contribution in [0.15, 0.2) is 18.2 Å². The van der Waals surface area contributed by atoms with Crippen molar-refractivity contribution in [1.82, 2.24) is 20.3 Å². The van der Waals surface area contributed by atoms with Gasteiger partial charge in [0.15, 0.2) is 0 Å². The first-order chi connectivity index (χ1) is 9.15. The molecule has 1 saturated heterocycles. The summed E-state index contributed by atoms with van der Waals surface area (Å²) < 4.78 is 0. The molecule has 1 fully saturated rings. The number of nitrogens with one attached hydrogen (secondary N) is 1. The van der Waals surface area contributed by atoms with Crippen LogP contribution in [0, 0.1) is 5.92 Å². The Morgan fingerprint density at radius 1 is 1.47 bits per heavy atom. The molecule has 1 aliphatic heterocycles. The summed E-state index contributed by atoms with van der Waals surface area (Å²) in [7, 11) is 0. The van der Waals surface area contributed by atoms with Gasteiger partial charge in [-0.15, -0.1) is 0 Å². The molecule has 0 aliphatic carbocycles. The van der Waals surface area contributed by atoms with Crippen molar-refractivity contribution in [3.05, 3.63) is 23.8 Å².